The van der Waals surface area contributed by atoms with Gasteiger partial charge in [-0.3, -0.25) is 4.79 Å². The first-order valence-corrected chi connectivity index (χ1v) is 7.94. The van der Waals surface area contributed by atoms with Gasteiger partial charge in [0.25, 0.3) is 5.91 Å². The van der Waals surface area contributed by atoms with Crippen LogP contribution >= 0.6 is 0 Å². The summed E-state index contributed by atoms with van der Waals surface area (Å²) in [6, 6.07) is 14.4. The molecule has 2 aromatic carbocycles. The van der Waals surface area contributed by atoms with Gasteiger partial charge < -0.3 is 14.8 Å². The molecule has 0 heterocycles. The molecular formula is C20H21NO4. The first-order chi connectivity index (χ1) is 12.0. The van der Waals surface area contributed by atoms with Crippen LogP contribution in [0, 0.1) is 6.92 Å². The molecule has 1 amide bonds. The van der Waals surface area contributed by atoms with Crippen molar-refractivity contribution >= 4 is 23.6 Å². The van der Waals surface area contributed by atoms with E-state index in [4.69, 9.17) is 9.47 Å². The monoisotopic (exact) mass is 339 g/mol. The third kappa shape index (κ3) is 5.21. The fraction of sp³-hybridized carbons (Fsp3) is 0.200. The number of aryl methyl sites for hydroxylation is 1. The van der Waals surface area contributed by atoms with E-state index < -0.39 is 11.9 Å². The van der Waals surface area contributed by atoms with E-state index >= 15 is 0 Å². The fourth-order valence-corrected chi connectivity index (χ4v) is 2.13. The Kier molecular flexibility index (Phi) is 6.34. The average Bonchev–Trinajstić information content (AvgIpc) is 2.62. The predicted molar refractivity (Wildman–Crippen MR) is 97.4 cm³/mol. The minimum Gasteiger partial charge on any atom is -0.497 e. The lowest BCUT2D eigenvalue weighted by molar-refractivity contribution is -0.139. The maximum absolute atomic E-state index is 12.5. The number of hydrogen-bond donors (Lipinski definition) is 1. The molecule has 0 aromatic heterocycles. The molecule has 0 fully saturated rings. The summed E-state index contributed by atoms with van der Waals surface area (Å²) in [4.78, 5) is 24.7. The van der Waals surface area contributed by atoms with Crippen LogP contribution in [-0.2, 0) is 14.3 Å². The lowest BCUT2D eigenvalue weighted by Gasteiger charge is -2.09. The zero-order valence-corrected chi connectivity index (χ0v) is 14.5. The van der Waals surface area contributed by atoms with Gasteiger partial charge in [-0.1, -0.05) is 29.8 Å². The average molecular weight is 339 g/mol. The molecule has 5 nitrogen and oxygen atoms in total. The van der Waals surface area contributed by atoms with Gasteiger partial charge in [-0.15, -0.1) is 0 Å². The van der Waals surface area contributed by atoms with Crippen LogP contribution in [0.3, 0.4) is 0 Å². The topological polar surface area (TPSA) is 64.6 Å². The maximum atomic E-state index is 12.5. The second-order valence-electron chi connectivity index (χ2n) is 5.37. The second kappa shape index (κ2) is 8.68. The number of esters is 1. The lowest BCUT2D eigenvalue weighted by atomic mass is 10.1. The van der Waals surface area contributed by atoms with Crippen LogP contribution < -0.4 is 10.1 Å². The van der Waals surface area contributed by atoms with Crippen LogP contribution in [0.1, 0.15) is 18.1 Å². The Morgan fingerprint density at radius 2 is 1.68 bits per heavy atom. The number of hydrogen-bond acceptors (Lipinski definition) is 4. The molecule has 0 bridgehead atoms. The molecule has 2 rings (SSSR count). The summed E-state index contributed by atoms with van der Waals surface area (Å²) in [6.45, 7) is 3.84. The van der Waals surface area contributed by atoms with Crippen LogP contribution in [0.5, 0.6) is 5.75 Å². The van der Waals surface area contributed by atoms with E-state index in [9.17, 15) is 9.59 Å². The number of methoxy groups -OCH3 is 1. The van der Waals surface area contributed by atoms with Crippen molar-refractivity contribution in [3.63, 3.8) is 0 Å². The number of anilines is 1. The molecule has 0 unspecified atom stereocenters. The zero-order chi connectivity index (χ0) is 18.2. The Balaban J connectivity index is 2.27. The van der Waals surface area contributed by atoms with Crippen molar-refractivity contribution in [3.05, 3.63) is 65.2 Å². The molecule has 0 atom stereocenters. The molecule has 0 radical (unpaired) electrons. The fourth-order valence-electron chi connectivity index (χ4n) is 2.13. The Labute approximate surface area is 147 Å². The number of amides is 1. The van der Waals surface area contributed by atoms with Gasteiger partial charge in [0, 0.05) is 5.69 Å². The van der Waals surface area contributed by atoms with Gasteiger partial charge >= 0.3 is 5.97 Å². The zero-order valence-electron chi connectivity index (χ0n) is 14.5. The van der Waals surface area contributed by atoms with Crippen LogP contribution in [0.25, 0.3) is 6.08 Å². The van der Waals surface area contributed by atoms with Crippen molar-refractivity contribution in [1.29, 1.82) is 0 Å². The third-order valence-corrected chi connectivity index (χ3v) is 3.48. The van der Waals surface area contributed by atoms with E-state index in [0.29, 0.717) is 17.0 Å². The molecule has 0 aliphatic heterocycles. The van der Waals surface area contributed by atoms with Crippen molar-refractivity contribution in [2.75, 3.05) is 19.0 Å². The highest BCUT2D eigenvalue weighted by molar-refractivity contribution is 6.24. The normalized spacial score (nSPS) is 10.9. The Morgan fingerprint density at radius 1 is 1.04 bits per heavy atom. The number of ether oxygens (including phenoxy) is 2. The number of rotatable bonds is 6. The summed E-state index contributed by atoms with van der Waals surface area (Å²) >= 11 is 0. The van der Waals surface area contributed by atoms with E-state index in [-0.39, 0.29) is 12.2 Å². The Bertz CT molecular complexity index is 761. The highest BCUT2D eigenvalue weighted by atomic mass is 16.5. The Hall–Kier alpha value is -3.08. The highest BCUT2D eigenvalue weighted by Gasteiger charge is 2.20. The minimum absolute atomic E-state index is 0.0624. The van der Waals surface area contributed by atoms with Crippen LogP contribution in [-0.4, -0.2) is 25.6 Å². The SMILES string of the molecule is CCOC(=O)/C(=C/c1ccc(OC)cc1)C(=O)Nc1ccc(C)cc1. The summed E-state index contributed by atoms with van der Waals surface area (Å²) in [5.41, 5.74) is 2.33. The third-order valence-electron chi connectivity index (χ3n) is 3.48. The van der Waals surface area contributed by atoms with E-state index in [0.717, 1.165) is 5.56 Å². The van der Waals surface area contributed by atoms with Crippen LogP contribution in [0.2, 0.25) is 0 Å². The van der Waals surface area contributed by atoms with Crippen molar-refractivity contribution in [2.45, 2.75) is 13.8 Å². The van der Waals surface area contributed by atoms with E-state index in [1.54, 1.807) is 50.4 Å². The maximum Gasteiger partial charge on any atom is 0.343 e. The molecule has 0 saturated carbocycles. The van der Waals surface area contributed by atoms with Crippen molar-refractivity contribution < 1.29 is 19.1 Å². The molecule has 5 heteroatoms. The van der Waals surface area contributed by atoms with E-state index in [1.165, 1.54) is 6.08 Å². The first kappa shape index (κ1) is 18.3. The van der Waals surface area contributed by atoms with Crippen molar-refractivity contribution in [2.24, 2.45) is 0 Å². The van der Waals surface area contributed by atoms with Gasteiger partial charge in [-0.2, -0.15) is 0 Å². The summed E-state index contributed by atoms with van der Waals surface area (Å²) in [5.74, 6) is -0.486. The smallest absolute Gasteiger partial charge is 0.343 e. The van der Waals surface area contributed by atoms with Gasteiger partial charge in [-0.05, 0) is 49.8 Å². The molecule has 0 saturated heterocycles. The molecule has 0 aliphatic rings. The first-order valence-electron chi connectivity index (χ1n) is 7.94. The summed E-state index contributed by atoms with van der Waals surface area (Å²) < 4.78 is 10.1. The molecule has 0 spiro atoms. The summed E-state index contributed by atoms with van der Waals surface area (Å²) in [7, 11) is 1.57. The van der Waals surface area contributed by atoms with Gasteiger partial charge in [0.2, 0.25) is 0 Å². The number of carbonyl (C=O) groups is 2. The molecule has 2 aromatic rings. The summed E-state index contributed by atoms with van der Waals surface area (Å²) in [6.07, 6.45) is 1.50. The van der Waals surface area contributed by atoms with Gasteiger partial charge in [0.1, 0.15) is 11.3 Å². The number of benzene rings is 2. The number of carbonyl (C=O) groups excluding carboxylic acids is 2. The van der Waals surface area contributed by atoms with Crippen LogP contribution in [0.15, 0.2) is 54.1 Å². The van der Waals surface area contributed by atoms with Crippen molar-refractivity contribution in [1.82, 2.24) is 0 Å². The van der Waals surface area contributed by atoms with Gasteiger partial charge in [0.05, 0.1) is 13.7 Å². The summed E-state index contributed by atoms with van der Waals surface area (Å²) in [5, 5.41) is 2.72. The van der Waals surface area contributed by atoms with E-state index in [1.807, 2.05) is 19.1 Å². The Morgan fingerprint density at radius 3 is 2.24 bits per heavy atom. The van der Waals surface area contributed by atoms with Gasteiger partial charge in [-0.25, -0.2) is 4.79 Å². The predicted octanol–water partition coefficient (Wildman–Crippen LogP) is 3.59. The molecule has 25 heavy (non-hydrogen) atoms. The molecule has 130 valence electrons. The quantitative estimate of drug-likeness (QED) is 0.378. The largest absolute Gasteiger partial charge is 0.497 e. The van der Waals surface area contributed by atoms with Gasteiger partial charge in [0.15, 0.2) is 0 Å². The molecule has 0 aliphatic carbocycles. The standard InChI is InChI=1S/C20H21NO4/c1-4-25-20(23)18(13-15-7-11-17(24-3)12-8-15)19(22)21-16-9-5-14(2)6-10-16/h5-13H,4H2,1-3H3,(H,21,22)/b18-13+. The number of nitrogens with one attached hydrogen (secondary N) is 1. The lowest BCUT2D eigenvalue weighted by Crippen LogP contribution is -2.22. The molecule has 1 N–H and O–H groups in total. The van der Waals surface area contributed by atoms with E-state index in [2.05, 4.69) is 5.32 Å². The molecular weight excluding hydrogens is 318 g/mol. The second-order valence-corrected chi connectivity index (χ2v) is 5.37. The minimum atomic E-state index is -0.664. The highest BCUT2D eigenvalue weighted by Crippen LogP contribution is 2.16. The van der Waals surface area contributed by atoms with Crippen LogP contribution in [0.4, 0.5) is 5.69 Å². The van der Waals surface area contributed by atoms with Crippen molar-refractivity contribution in [3.8, 4) is 5.75 Å².